The molecule has 0 atom stereocenters. The van der Waals surface area contributed by atoms with Crippen LogP contribution < -0.4 is 10.6 Å². The van der Waals surface area contributed by atoms with Crippen LogP contribution in [-0.4, -0.2) is 11.8 Å². The SMILES string of the molecule is N#Cc1cccc(C(=O)NCc2ccc3c(c2)CC(=O)N3)c1. The average molecular weight is 291 g/mol. The summed E-state index contributed by atoms with van der Waals surface area (Å²) in [5.41, 5.74) is 3.62. The maximum absolute atomic E-state index is 12.1. The van der Waals surface area contributed by atoms with Crippen molar-refractivity contribution in [3.63, 3.8) is 0 Å². The first-order valence-corrected chi connectivity index (χ1v) is 6.86. The molecule has 0 saturated heterocycles. The molecule has 1 aliphatic heterocycles. The van der Waals surface area contributed by atoms with Gasteiger partial charge in [0, 0.05) is 17.8 Å². The van der Waals surface area contributed by atoms with Gasteiger partial charge in [0.2, 0.25) is 5.91 Å². The highest BCUT2D eigenvalue weighted by Crippen LogP contribution is 2.23. The van der Waals surface area contributed by atoms with Crippen molar-refractivity contribution in [3.8, 4) is 6.07 Å². The number of carbonyl (C=O) groups is 2. The fourth-order valence-electron chi connectivity index (χ4n) is 2.41. The number of hydrogen-bond acceptors (Lipinski definition) is 3. The summed E-state index contributed by atoms with van der Waals surface area (Å²) in [7, 11) is 0. The van der Waals surface area contributed by atoms with Crippen LogP contribution in [0.25, 0.3) is 0 Å². The maximum Gasteiger partial charge on any atom is 0.251 e. The van der Waals surface area contributed by atoms with Crippen molar-refractivity contribution in [2.75, 3.05) is 5.32 Å². The first-order chi connectivity index (χ1) is 10.7. The number of amides is 2. The van der Waals surface area contributed by atoms with Gasteiger partial charge in [-0.2, -0.15) is 5.26 Å². The molecule has 108 valence electrons. The Morgan fingerprint density at radius 2 is 2.14 bits per heavy atom. The molecule has 0 fully saturated rings. The van der Waals surface area contributed by atoms with Crippen LogP contribution in [0.4, 0.5) is 5.69 Å². The molecule has 0 bridgehead atoms. The van der Waals surface area contributed by atoms with Crippen LogP contribution in [0.15, 0.2) is 42.5 Å². The van der Waals surface area contributed by atoms with E-state index < -0.39 is 0 Å². The lowest BCUT2D eigenvalue weighted by Crippen LogP contribution is -2.22. The summed E-state index contributed by atoms with van der Waals surface area (Å²) in [4.78, 5) is 23.4. The minimum Gasteiger partial charge on any atom is -0.348 e. The predicted octanol–water partition coefficient (Wildman–Crippen LogP) is 1.98. The molecule has 0 unspecified atom stereocenters. The van der Waals surface area contributed by atoms with E-state index in [0.717, 1.165) is 16.8 Å². The Bertz CT molecular complexity index is 806. The highest BCUT2D eigenvalue weighted by molar-refractivity contribution is 5.99. The second-order valence-electron chi connectivity index (χ2n) is 5.09. The van der Waals surface area contributed by atoms with Crippen molar-refractivity contribution in [2.24, 2.45) is 0 Å². The number of carbonyl (C=O) groups excluding carboxylic acids is 2. The summed E-state index contributed by atoms with van der Waals surface area (Å²) >= 11 is 0. The molecule has 1 aliphatic rings. The molecule has 0 spiro atoms. The first-order valence-electron chi connectivity index (χ1n) is 6.86. The van der Waals surface area contributed by atoms with Gasteiger partial charge in [0.25, 0.3) is 5.91 Å². The molecule has 0 radical (unpaired) electrons. The molecule has 3 rings (SSSR count). The maximum atomic E-state index is 12.1. The zero-order valence-electron chi connectivity index (χ0n) is 11.7. The molecule has 5 heteroatoms. The molecule has 5 nitrogen and oxygen atoms in total. The Kier molecular flexibility index (Phi) is 3.58. The topological polar surface area (TPSA) is 82.0 Å². The largest absolute Gasteiger partial charge is 0.348 e. The van der Waals surface area contributed by atoms with Gasteiger partial charge in [-0.05, 0) is 35.4 Å². The molecule has 0 saturated carbocycles. The van der Waals surface area contributed by atoms with Crippen LogP contribution in [0.5, 0.6) is 0 Å². The predicted molar refractivity (Wildman–Crippen MR) is 81.1 cm³/mol. The normalized spacial score (nSPS) is 12.2. The highest BCUT2D eigenvalue weighted by atomic mass is 16.2. The van der Waals surface area contributed by atoms with Crippen LogP contribution in [0.1, 0.15) is 27.0 Å². The molecule has 2 aromatic carbocycles. The number of benzene rings is 2. The van der Waals surface area contributed by atoms with E-state index in [4.69, 9.17) is 5.26 Å². The summed E-state index contributed by atoms with van der Waals surface area (Å²) in [6.45, 7) is 0.372. The molecule has 2 aromatic rings. The van der Waals surface area contributed by atoms with Crippen molar-refractivity contribution < 1.29 is 9.59 Å². The summed E-state index contributed by atoms with van der Waals surface area (Å²) in [5, 5.41) is 14.4. The Morgan fingerprint density at radius 3 is 2.95 bits per heavy atom. The van der Waals surface area contributed by atoms with Crippen LogP contribution in [0.3, 0.4) is 0 Å². The van der Waals surface area contributed by atoms with E-state index in [2.05, 4.69) is 10.6 Å². The standard InChI is InChI=1S/C17H13N3O2/c18-9-11-2-1-3-13(6-11)17(22)19-10-12-4-5-15-14(7-12)8-16(21)20-15/h1-7H,8,10H2,(H,19,22)(H,20,21). The van der Waals surface area contributed by atoms with Gasteiger partial charge in [-0.25, -0.2) is 0 Å². The first kappa shape index (κ1) is 13.8. The molecular weight excluding hydrogens is 278 g/mol. The second kappa shape index (κ2) is 5.70. The van der Waals surface area contributed by atoms with E-state index in [1.807, 2.05) is 24.3 Å². The lowest BCUT2D eigenvalue weighted by atomic mass is 10.1. The molecular formula is C17H13N3O2. The second-order valence-corrected chi connectivity index (χ2v) is 5.09. The summed E-state index contributed by atoms with van der Waals surface area (Å²) in [5.74, 6) is -0.240. The van der Waals surface area contributed by atoms with Crippen LogP contribution in [-0.2, 0) is 17.8 Å². The van der Waals surface area contributed by atoms with Gasteiger partial charge < -0.3 is 10.6 Å². The molecule has 2 amide bonds. The van der Waals surface area contributed by atoms with E-state index in [1.165, 1.54) is 0 Å². The van der Waals surface area contributed by atoms with E-state index in [0.29, 0.717) is 24.1 Å². The number of hydrogen-bond donors (Lipinski definition) is 2. The van der Waals surface area contributed by atoms with Crippen LogP contribution in [0, 0.1) is 11.3 Å². The van der Waals surface area contributed by atoms with E-state index in [9.17, 15) is 9.59 Å². The minimum absolute atomic E-state index is 0.00972. The van der Waals surface area contributed by atoms with Gasteiger partial charge in [0.05, 0.1) is 18.1 Å². The molecule has 0 aliphatic carbocycles. The molecule has 22 heavy (non-hydrogen) atoms. The third kappa shape index (κ3) is 2.81. The number of fused-ring (bicyclic) bond motifs is 1. The smallest absolute Gasteiger partial charge is 0.251 e. The number of nitrogens with one attached hydrogen (secondary N) is 2. The third-order valence-electron chi connectivity index (χ3n) is 3.50. The monoisotopic (exact) mass is 291 g/mol. The third-order valence-corrected chi connectivity index (χ3v) is 3.50. The fraction of sp³-hybridized carbons (Fsp3) is 0.118. The lowest BCUT2D eigenvalue weighted by Gasteiger charge is -2.07. The lowest BCUT2D eigenvalue weighted by molar-refractivity contribution is -0.115. The number of nitriles is 1. The Balaban J connectivity index is 1.68. The van der Waals surface area contributed by atoms with E-state index in [-0.39, 0.29) is 11.8 Å². The van der Waals surface area contributed by atoms with Crippen molar-refractivity contribution in [3.05, 3.63) is 64.7 Å². The zero-order chi connectivity index (χ0) is 15.5. The van der Waals surface area contributed by atoms with Crippen molar-refractivity contribution in [1.82, 2.24) is 5.32 Å². The number of nitrogens with zero attached hydrogens (tertiary/aromatic N) is 1. The van der Waals surface area contributed by atoms with Gasteiger partial charge in [0.15, 0.2) is 0 Å². The Morgan fingerprint density at radius 1 is 1.27 bits per heavy atom. The number of rotatable bonds is 3. The van der Waals surface area contributed by atoms with Gasteiger partial charge in [-0.15, -0.1) is 0 Å². The quantitative estimate of drug-likeness (QED) is 0.907. The van der Waals surface area contributed by atoms with Crippen molar-refractivity contribution in [1.29, 1.82) is 5.26 Å². The van der Waals surface area contributed by atoms with Crippen molar-refractivity contribution >= 4 is 17.5 Å². The van der Waals surface area contributed by atoms with Gasteiger partial charge >= 0.3 is 0 Å². The summed E-state index contributed by atoms with van der Waals surface area (Å²) in [6, 6.07) is 14.2. The van der Waals surface area contributed by atoms with Crippen LogP contribution in [0.2, 0.25) is 0 Å². The van der Waals surface area contributed by atoms with Crippen molar-refractivity contribution in [2.45, 2.75) is 13.0 Å². The fourth-order valence-corrected chi connectivity index (χ4v) is 2.41. The Hall–Kier alpha value is -3.13. The summed E-state index contributed by atoms with van der Waals surface area (Å²) in [6.07, 6.45) is 0.376. The summed E-state index contributed by atoms with van der Waals surface area (Å²) < 4.78 is 0. The minimum atomic E-state index is -0.230. The van der Waals surface area contributed by atoms with E-state index in [1.54, 1.807) is 24.3 Å². The Labute approximate surface area is 127 Å². The molecule has 0 aromatic heterocycles. The average Bonchev–Trinajstić information content (AvgIpc) is 2.91. The van der Waals surface area contributed by atoms with Gasteiger partial charge in [0.1, 0.15) is 0 Å². The van der Waals surface area contributed by atoms with Gasteiger partial charge in [-0.1, -0.05) is 18.2 Å². The highest BCUT2D eigenvalue weighted by Gasteiger charge is 2.17. The van der Waals surface area contributed by atoms with Crippen LogP contribution >= 0.6 is 0 Å². The zero-order valence-corrected chi connectivity index (χ0v) is 11.7. The molecule has 1 heterocycles. The molecule has 2 N–H and O–H groups in total. The van der Waals surface area contributed by atoms with E-state index >= 15 is 0 Å². The number of anilines is 1. The van der Waals surface area contributed by atoms with Gasteiger partial charge in [-0.3, -0.25) is 9.59 Å².